The first-order valence-electron chi connectivity index (χ1n) is 11.2. The van der Waals surface area contributed by atoms with Crippen molar-refractivity contribution in [1.82, 2.24) is 0 Å². The molecular weight excluding hydrogens is 412 g/mol. The molecule has 7 heteroatoms. The van der Waals surface area contributed by atoms with Gasteiger partial charge in [-0.25, -0.2) is 0 Å². The molecule has 1 aliphatic rings. The zero-order chi connectivity index (χ0) is 23.5. The lowest BCUT2D eigenvalue weighted by molar-refractivity contribution is -0.121. The molecule has 0 fully saturated rings. The summed E-state index contributed by atoms with van der Waals surface area (Å²) in [5.74, 6) is -0.0828. The molecule has 0 unspecified atom stereocenters. The second-order valence-electron chi connectivity index (χ2n) is 7.94. The van der Waals surface area contributed by atoms with Gasteiger partial charge in [0.15, 0.2) is 0 Å². The van der Waals surface area contributed by atoms with E-state index in [0.717, 1.165) is 51.4 Å². The van der Waals surface area contributed by atoms with Crippen LogP contribution in [0.1, 0.15) is 64.7 Å². The molecule has 0 atom stereocenters. The monoisotopic (exact) mass is 446 g/mol. The molecule has 1 aromatic carbocycles. The fourth-order valence-electron chi connectivity index (χ4n) is 3.80. The number of phenols is 2. The second-order valence-corrected chi connectivity index (χ2v) is 7.94. The van der Waals surface area contributed by atoms with E-state index in [0.29, 0.717) is 29.9 Å². The van der Waals surface area contributed by atoms with Gasteiger partial charge >= 0.3 is 0 Å². The fourth-order valence-corrected chi connectivity index (χ4v) is 3.80. The predicted octanol–water partition coefficient (Wildman–Crippen LogP) is 4.96. The number of Topliss-reactive ketones (excluding diaryl/α,β-unsaturated/α-hetero) is 2. The molecular formula is C25H34O7. The summed E-state index contributed by atoms with van der Waals surface area (Å²) in [6.45, 7) is 2.22. The van der Waals surface area contributed by atoms with Crippen molar-refractivity contribution in [2.24, 2.45) is 0 Å². The molecule has 0 heterocycles. The first-order valence-corrected chi connectivity index (χ1v) is 11.2. The number of methoxy groups -OCH3 is 2. The maximum atomic E-state index is 12.6. The van der Waals surface area contributed by atoms with Crippen LogP contribution in [0.15, 0.2) is 40.9 Å². The van der Waals surface area contributed by atoms with Crippen molar-refractivity contribution >= 4 is 11.6 Å². The van der Waals surface area contributed by atoms with Gasteiger partial charge in [0.05, 0.1) is 20.8 Å². The largest absolute Gasteiger partial charge is 0.508 e. The molecule has 0 amide bonds. The number of carbonyl (C=O) groups excluding carboxylic acids is 2. The molecule has 2 N–H and O–H groups in total. The normalized spacial score (nSPS) is 14.2. The van der Waals surface area contributed by atoms with E-state index in [2.05, 4.69) is 0 Å². The number of ketones is 2. The molecule has 0 bridgehead atoms. The van der Waals surface area contributed by atoms with Gasteiger partial charge in [0.2, 0.25) is 23.1 Å². The van der Waals surface area contributed by atoms with Crippen LogP contribution in [0.3, 0.4) is 0 Å². The fraction of sp³-hybridized carbons (Fsp3) is 0.520. The van der Waals surface area contributed by atoms with Crippen molar-refractivity contribution in [2.75, 3.05) is 20.8 Å². The summed E-state index contributed by atoms with van der Waals surface area (Å²) in [6, 6.07) is 4.23. The van der Waals surface area contributed by atoms with Crippen LogP contribution >= 0.6 is 0 Å². The van der Waals surface area contributed by atoms with E-state index in [4.69, 9.17) is 14.2 Å². The maximum Gasteiger partial charge on any atom is 0.228 e. The number of carbonyl (C=O) groups is 2. The molecule has 176 valence electrons. The van der Waals surface area contributed by atoms with E-state index in [1.807, 2.05) is 0 Å². The van der Waals surface area contributed by atoms with Gasteiger partial charge in [0.1, 0.15) is 17.2 Å². The topological polar surface area (TPSA) is 102 Å². The summed E-state index contributed by atoms with van der Waals surface area (Å²) in [6.07, 6.45) is 8.88. The zero-order valence-corrected chi connectivity index (χ0v) is 19.2. The molecule has 0 saturated heterocycles. The Morgan fingerprint density at radius 2 is 1.22 bits per heavy atom. The summed E-state index contributed by atoms with van der Waals surface area (Å²) in [7, 11) is 2.74. The van der Waals surface area contributed by atoms with Crippen molar-refractivity contribution in [3.8, 4) is 17.2 Å². The highest BCUT2D eigenvalue weighted by Gasteiger charge is 2.34. The molecule has 32 heavy (non-hydrogen) atoms. The smallest absolute Gasteiger partial charge is 0.228 e. The van der Waals surface area contributed by atoms with Gasteiger partial charge < -0.3 is 24.4 Å². The summed E-state index contributed by atoms with van der Waals surface area (Å²) in [5.41, 5.74) is 0.989. The quantitative estimate of drug-likeness (QED) is 0.307. The zero-order valence-electron chi connectivity index (χ0n) is 19.2. The van der Waals surface area contributed by atoms with Crippen LogP contribution in [0.2, 0.25) is 0 Å². The summed E-state index contributed by atoms with van der Waals surface area (Å²) >= 11 is 0. The minimum absolute atomic E-state index is 0.00273. The van der Waals surface area contributed by atoms with E-state index in [9.17, 15) is 19.8 Å². The first-order chi connectivity index (χ1) is 15.4. The number of hydrogen-bond donors (Lipinski definition) is 2. The number of ether oxygens (including phenoxy) is 3. The van der Waals surface area contributed by atoms with Crippen molar-refractivity contribution in [3.05, 3.63) is 40.9 Å². The molecule has 0 saturated carbocycles. The van der Waals surface area contributed by atoms with Crippen LogP contribution in [0.4, 0.5) is 0 Å². The Morgan fingerprint density at radius 3 is 1.78 bits per heavy atom. The van der Waals surface area contributed by atoms with E-state index in [1.54, 1.807) is 6.92 Å². The third-order valence-electron chi connectivity index (χ3n) is 5.56. The Bertz CT molecular complexity index is 847. The van der Waals surface area contributed by atoms with Crippen LogP contribution in [-0.4, -0.2) is 42.6 Å². The molecule has 2 rings (SSSR count). The summed E-state index contributed by atoms with van der Waals surface area (Å²) in [4.78, 5) is 25.0. The number of unbranched alkanes of at least 4 members (excludes halogenated alkanes) is 7. The highest BCUT2D eigenvalue weighted by atomic mass is 16.5. The van der Waals surface area contributed by atoms with Gasteiger partial charge in [-0.15, -0.1) is 0 Å². The molecule has 7 nitrogen and oxygen atoms in total. The lowest BCUT2D eigenvalue weighted by Crippen LogP contribution is -2.25. The predicted molar refractivity (Wildman–Crippen MR) is 121 cm³/mol. The van der Waals surface area contributed by atoms with Gasteiger partial charge in [-0.2, -0.15) is 0 Å². The van der Waals surface area contributed by atoms with Crippen molar-refractivity contribution in [3.63, 3.8) is 0 Å². The van der Waals surface area contributed by atoms with Crippen molar-refractivity contribution in [1.29, 1.82) is 0 Å². The van der Waals surface area contributed by atoms with Crippen LogP contribution in [0, 0.1) is 0 Å². The number of phenolic OH excluding ortho intramolecular Hbond substituents is 2. The van der Waals surface area contributed by atoms with Gasteiger partial charge in [-0.05, 0) is 26.2 Å². The molecule has 0 spiro atoms. The minimum Gasteiger partial charge on any atom is -0.508 e. The average molecular weight is 447 g/mol. The SMILES string of the molecule is COC1=C(OC)C(=O)C(CCCCCCCCCCOc2cc(O)cc(O)c2)=C(C)C1=O. The first kappa shape index (κ1) is 25.3. The Kier molecular flexibility index (Phi) is 10.1. The van der Waals surface area contributed by atoms with E-state index >= 15 is 0 Å². The van der Waals surface area contributed by atoms with E-state index < -0.39 is 0 Å². The van der Waals surface area contributed by atoms with Gasteiger partial charge in [-0.1, -0.05) is 38.5 Å². The number of aromatic hydroxyl groups is 2. The second kappa shape index (κ2) is 12.8. The van der Waals surface area contributed by atoms with Crippen LogP contribution < -0.4 is 4.74 Å². The van der Waals surface area contributed by atoms with Crippen LogP contribution in [-0.2, 0) is 19.1 Å². The van der Waals surface area contributed by atoms with E-state index in [-0.39, 0.29) is 34.6 Å². The highest BCUT2D eigenvalue weighted by molar-refractivity contribution is 6.23. The minimum atomic E-state index is -0.274. The Hall–Kier alpha value is -2.96. The number of hydrogen-bond acceptors (Lipinski definition) is 7. The third-order valence-corrected chi connectivity index (χ3v) is 5.56. The van der Waals surface area contributed by atoms with Gasteiger partial charge in [0, 0.05) is 29.3 Å². The van der Waals surface area contributed by atoms with E-state index in [1.165, 1.54) is 32.4 Å². The molecule has 0 aliphatic heterocycles. The highest BCUT2D eigenvalue weighted by Crippen LogP contribution is 2.29. The van der Waals surface area contributed by atoms with Crippen LogP contribution in [0.5, 0.6) is 17.2 Å². The summed E-state index contributed by atoms with van der Waals surface area (Å²) < 4.78 is 15.7. The number of allylic oxidation sites excluding steroid dienone is 2. The number of rotatable bonds is 14. The summed E-state index contributed by atoms with van der Waals surface area (Å²) in [5, 5.41) is 18.8. The Labute approximate surface area is 189 Å². The average Bonchev–Trinajstić information content (AvgIpc) is 2.75. The lowest BCUT2D eigenvalue weighted by Gasteiger charge is -2.20. The third kappa shape index (κ3) is 7.04. The Balaban J connectivity index is 1.56. The van der Waals surface area contributed by atoms with Crippen LogP contribution in [0.25, 0.3) is 0 Å². The molecule has 0 aromatic heterocycles. The molecule has 1 aromatic rings. The van der Waals surface area contributed by atoms with Crippen molar-refractivity contribution < 1.29 is 34.0 Å². The lowest BCUT2D eigenvalue weighted by atomic mass is 9.89. The van der Waals surface area contributed by atoms with Crippen molar-refractivity contribution in [2.45, 2.75) is 64.7 Å². The van der Waals surface area contributed by atoms with Gasteiger partial charge in [0.25, 0.3) is 0 Å². The molecule has 0 radical (unpaired) electrons. The maximum absolute atomic E-state index is 12.6. The molecule has 1 aliphatic carbocycles. The standard InChI is InChI=1S/C25H34O7/c1-17-21(23(29)25(31-3)24(30-2)22(17)28)12-10-8-6-4-5-7-9-11-13-32-20-15-18(26)14-19(27)16-20/h14-16,26-27H,4-13H2,1-3H3. The number of benzene rings is 1. The van der Waals surface area contributed by atoms with Gasteiger partial charge in [-0.3, -0.25) is 9.59 Å². The Morgan fingerprint density at radius 1 is 0.719 bits per heavy atom.